The molecule has 0 saturated carbocycles. The summed E-state index contributed by atoms with van der Waals surface area (Å²) in [6, 6.07) is 20.0. The Morgan fingerprint density at radius 2 is 1.66 bits per heavy atom. The molecule has 1 amide bonds. The number of rotatable bonds is 6. The van der Waals surface area contributed by atoms with Crippen molar-refractivity contribution in [1.29, 1.82) is 0 Å². The van der Waals surface area contributed by atoms with Crippen LogP contribution in [0.25, 0.3) is 11.0 Å². The van der Waals surface area contributed by atoms with Gasteiger partial charge in [-0.05, 0) is 11.1 Å². The Labute approximate surface area is 173 Å². The number of fused-ring (bicyclic) bond motifs is 1. The van der Waals surface area contributed by atoms with Crippen molar-refractivity contribution < 1.29 is 4.79 Å². The van der Waals surface area contributed by atoms with Crippen molar-refractivity contribution in [1.82, 2.24) is 24.6 Å². The van der Waals surface area contributed by atoms with E-state index in [0.29, 0.717) is 0 Å². The molecule has 2 heterocycles. The Kier molecular flexibility index (Phi) is 5.57. The zero-order valence-electron chi connectivity index (χ0n) is 16.3. The molecule has 2 aromatic carbocycles. The molecular weight excluding hydrogens is 382 g/mol. The number of benzene rings is 2. The molecule has 6 nitrogen and oxygen atoms in total. The van der Waals surface area contributed by atoms with Gasteiger partial charge in [0.05, 0.1) is 23.4 Å². The molecule has 2 aromatic heterocycles. The van der Waals surface area contributed by atoms with Gasteiger partial charge in [-0.1, -0.05) is 72.4 Å². The first-order chi connectivity index (χ1) is 14.1. The summed E-state index contributed by atoms with van der Waals surface area (Å²) in [6.07, 6.45) is 3.25. The second kappa shape index (κ2) is 8.45. The number of hydrogen-bond acceptors (Lipinski definition) is 5. The normalized spacial score (nSPS) is 11.1. The van der Waals surface area contributed by atoms with Gasteiger partial charge in [0.15, 0.2) is 5.65 Å². The van der Waals surface area contributed by atoms with Gasteiger partial charge < -0.3 is 4.90 Å². The van der Waals surface area contributed by atoms with E-state index in [9.17, 15) is 4.79 Å². The van der Waals surface area contributed by atoms with Crippen molar-refractivity contribution in [2.45, 2.75) is 11.1 Å². The van der Waals surface area contributed by atoms with Crippen LogP contribution in [0.3, 0.4) is 0 Å². The highest BCUT2D eigenvalue weighted by Crippen LogP contribution is 2.29. The van der Waals surface area contributed by atoms with Crippen molar-refractivity contribution in [3.05, 3.63) is 84.3 Å². The van der Waals surface area contributed by atoms with Crippen LogP contribution in [0.1, 0.15) is 17.2 Å². The van der Waals surface area contributed by atoms with E-state index in [1.54, 1.807) is 15.8 Å². The predicted molar refractivity (Wildman–Crippen MR) is 115 cm³/mol. The number of amides is 1. The zero-order valence-corrected chi connectivity index (χ0v) is 17.1. The van der Waals surface area contributed by atoms with Crippen LogP contribution in [0.2, 0.25) is 0 Å². The first kappa shape index (κ1) is 19.1. The summed E-state index contributed by atoms with van der Waals surface area (Å²) in [5.74, 6) is 0.316. The lowest BCUT2D eigenvalue weighted by Gasteiger charge is -2.29. The van der Waals surface area contributed by atoms with Crippen molar-refractivity contribution in [2.24, 2.45) is 7.05 Å². The molecule has 0 N–H and O–H groups in total. The lowest BCUT2D eigenvalue weighted by atomic mass is 9.97. The highest BCUT2D eigenvalue weighted by molar-refractivity contribution is 8.00. The molecule has 7 heteroatoms. The summed E-state index contributed by atoms with van der Waals surface area (Å²) in [5, 5.41) is 5.86. The molecule has 0 unspecified atom stereocenters. The Bertz CT molecular complexity index is 1070. The summed E-state index contributed by atoms with van der Waals surface area (Å²) >= 11 is 1.41. The van der Waals surface area contributed by atoms with Crippen molar-refractivity contribution in [2.75, 3.05) is 12.8 Å². The number of nitrogens with zero attached hydrogens (tertiary/aromatic N) is 5. The molecule has 0 saturated heterocycles. The second-order valence-corrected chi connectivity index (χ2v) is 7.67. The number of aromatic nitrogens is 4. The van der Waals surface area contributed by atoms with Gasteiger partial charge in [-0.25, -0.2) is 9.97 Å². The molecule has 0 spiro atoms. The first-order valence-electron chi connectivity index (χ1n) is 9.26. The molecule has 0 aliphatic carbocycles. The van der Waals surface area contributed by atoms with Crippen LogP contribution in [0.15, 0.2) is 78.2 Å². The van der Waals surface area contributed by atoms with E-state index in [1.165, 1.54) is 18.1 Å². The minimum Gasteiger partial charge on any atom is -0.334 e. The Hall–Kier alpha value is -3.19. The average molecular weight is 404 g/mol. The summed E-state index contributed by atoms with van der Waals surface area (Å²) in [6.45, 7) is 0. The Morgan fingerprint density at radius 1 is 1.03 bits per heavy atom. The fourth-order valence-corrected chi connectivity index (χ4v) is 4.23. The number of thioether (sulfide) groups is 1. The summed E-state index contributed by atoms with van der Waals surface area (Å²) in [5.41, 5.74) is 2.92. The largest absolute Gasteiger partial charge is 0.334 e. The Morgan fingerprint density at radius 3 is 2.28 bits per heavy atom. The van der Waals surface area contributed by atoms with E-state index in [1.807, 2.05) is 50.5 Å². The maximum atomic E-state index is 13.1. The topological polar surface area (TPSA) is 63.9 Å². The maximum absolute atomic E-state index is 13.1. The predicted octanol–water partition coefficient (Wildman–Crippen LogP) is 3.70. The van der Waals surface area contributed by atoms with Crippen molar-refractivity contribution in [3.8, 4) is 0 Å². The van der Waals surface area contributed by atoms with Crippen LogP contribution >= 0.6 is 11.8 Å². The van der Waals surface area contributed by atoms with Gasteiger partial charge in [-0.2, -0.15) is 5.10 Å². The van der Waals surface area contributed by atoms with Gasteiger partial charge in [-0.15, -0.1) is 0 Å². The Balaban J connectivity index is 1.56. The average Bonchev–Trinajstić information content (AvgIpc) is 3.15. The van der Waals surface area contributed by atoms with Gasteiger partial charge >= 0.3 is 0 Å². The van der Waals surface area contributed by atoms with Crippen molar-refractivity contribution >= 4 is 28.7 Å². The molecule has 146 valence electrons. The van der Waals surface area contributed by atoms with Gasteiger partial charge in [0, 0.05) is 14.1 Å². The molecule has 0 aliphatic rings. The quantitative estimate of drug-likeness (QED) is 0.363. The van der Waals surface area contributed by atoms with E-state index in [-0.39, 0.29) is 17.7 Å². The van der Waals surface area contributed by atoms with Crippen molar-refractivity contribution in [3.63, 3.8) is 0 Å². The van der Waals surface area contributed by atoms with Crippen LogP contribution in [-0.2, 0) is 11.8 Å². The second-order valence-electron chi connectivity index (χ2n) is 6.70. The molecule has 4 rings (SSSR count). The highest BCUT2D eigenvalue weighted by atomic mass is 32.2. The summed E-state index contributed by atoms with van der Waals surface area (Å²) in [7, 11) is 3.69. The number of carbonyl (C=O) groups is 1. The molecule has 0 fully saturated rings. The fourth-order valence-electron chi connectivity index (χ4n) is 3.34. The number of aryl methyl sites for hydroxylation is 1. The van der Waals surface area contributed by atoms with Crippen LogP contribution in [0.4, 0.5) is 0 Å². The molecule has 0 radical (unpaired) electrons. The van der Waals surface area contributed by atoms with Gasteiger partial charge in [0.25, 0.3) is 0 Å². The lowest BCUT2D eigenvalue weighted by Crippen LogP contribution is -2.33. The minimum absolute atomic E-state index is 0.0309. The number of hydrogen-bond donors (Lipinski definition) is 0. The van der Waals surface area contributed by atoms with E-state index < -0.39 is 0 Å². The third-order valence-electron chi connectivity index (χ3n) is 4.84. The smallest absolute Gasteiger partial charge is 0.233 e. The summed E-state index contributed by atoms with van der Waals surface area (Å²) < 4.78 is 1.70. The molecular formula is C22H21N5OS. The van der Waals surface area contributed by atoms with Crippen LogP contribution < -0.4 is 0 Å². The maximum Gasteiger partial charge on any atom is 0.233 e. The zero-order chi connectivity index (χ0) is 20.2. The van der Waals surface area contributed by atoms with Crippen LogP contribution in [0.5, 0.6) is 0 Å². The van der Waals surface area contributed by atoms with Gasteiger partial charge in [0.2, 0.25) is 5.91 Å². The molecule has 4 aromatic rings. The van der Waals surface area contributed by atoms with Gasteiger partial charge in [0.1, 0.15) is 11.4 Å². The first-order valence-corrected chi connectivity index (χ1v) is 10.2. The molecule has 0 atom stereocenters. The standard InChI is InChI=1S/C22H21N5OS/c1-26(20(16-9-5-3-6-10-16)17-11-7-4-8-12-17)19(28)14-29-22-18-13-25-27(2)21(18)23-15-24-22/h3-13,15,20H,14H2,1-2H3. The third kappa shape index (κ3) is 4.00. The SMILES string of the molecule is CN(C(=O)CSc1ncnc2c1cnn2C)C(c1ccccc1)c1ccccc1. The van der Waals surface area contributed by atoms with Crippen LogP contribution in [0, 0.1) is 0 Å². The minimum atomic E-state index is -0.144. The van der Waals surface area contributed by atoms with E-state index in [4.69, 9.17) is 0 Å². The summed E-state index contributed by atoms with van der Waals surface area (Å²) in [4.78, 5) is 23.5. The lowest BCUT2D eigenvalue weighted by molar-refractivity contribution is -0.128. The fraction of sp³-hybridized carbons (Fsp3) is 0.182. The third-order valence-corrected chi connectivity index (χ3v) is 5.83. The highest BCUT2D eigenvalue weighted by Gasteiger charge is 2.23. The number of carbonyl (C=O) groups excluding carboxylic acids is 1. The van der Waals surface area contributed by atoms with E-state index in [2.05, 4.69) is 39.3 Å². The molecule has 0 aliphatic heterocycles. The molecule has 29 heavy (non-hydrogen) atoms. The van der Waals surface area contributed by atoms with Gasteiger partial charge in [-0.3, -0.25) is 9.48 Å². The monoisotopic (exact) mass is 403 g/mol. The van der Waals surface area contributed by atoms with E-state index in [0.717, 1.165) is 27.2 Å². The van der Waals surface area contributed by atoms with Crippen LogP contribution in [-0.4, -0.2) is 43.4 Å². The van der Waals surface area contributed by atoms with E-state index >= 15 is 0 Å². The molecule has 0 bridgehead atoms.